The van der Waals surface area contributed by atoms with Crippen LogP contribution in [-0.2, 0) is 21.1 Å². The summed E-state index contributed by atoms with van der Waals surface area (Å²) in [6.45, 7) is 1.96. The lowest BCUT2D eigenvalue weighted by Crippen LogP contribution is -2.37. The Morgan fingerprint density at radius 2 is 1.96 bits per heavy atom. The first-order valence-corrected chi connectivity index (χ1v) is 11.6. The molecule has 2 heterocycles. The van der Waals surface area contributed by atoms with Crippen LogP contribution in [0.15, 0.2) is 53.5 Å². The van der Waals surface area contributed by atoms with Crippen LogP contribution in [-0.4, -0.2) is 42.3 Å². The fourth-order valence-corrected chi connectivity index (χ4v) is 7.50. The first-order valence-electron chi connectivity index (χ1n) is 8.90. The highest BCUT2D eigenvalue weighted by Crippen LogP contribution is 2.41. The predicted molar refractivity (Wildman–Crippen MR) is 110 cm³/mol. The van der Waals surface area contributed by atoms with Crippen LogP contribution in [0.4, 0.5) is 10.1 Å². The number of carbonyl (C=O) groups excluding carboxylic acids is 1. The van der Waals surface area contributed by atoms with Crippen LogP contribution in [0.25, 0.3) is 0 Å². The monoisotopic (exact) mass is 418 g/mol. The fourth-order valence-electron chi connectivity index (χ4n) is 3.57. The fraction of sp³-hybridized carbons (Fsp3) is 0.300. The highest BCUT2D eigenvalue weighted by atomic mass is 32.2. The Hall–Kier alpha value is -2.19. The van der Waals surface area contributed by atoms with Crippen LogP contribution in [0.2, 0.25) is 0 Å². The van der Waals surface area contributed by atoms with Gasteiger partial charge in [0, 0.05) is 10.9 Å². The van der Waals surface area contributed by atoms with Crippen molar-refractivity contribution in [2.24, 2.45) is 4.99 Å². The summed E-state index contributed by atoms with van der Waals surface area (Å²) in [7, 11) is -3.10. The number of nitrogens with zero attached hydrogens (tertiary/aromatic N) is 2. The van der Waals surface area contributed by atoms with Crippen LogP contribution < -0.4 is 4.90 Å². The summed E-state index contributed by atoms with van der Waals surface area (Å²) in [5.41, 5.74) is 2.57. The lowest BCUT2D eigenvalue weighted by molar-refractivity contribution is -0.117. The van der Waals surface area contributed by atoms with E-state index in [1.807, 2.05) is 36.1 Å². The lowest BCUT2D eigenvalue weighted by atomic mass is 10.1. The van der Waals surface area contributed by atoms with Crippen molar-refractivity contribution in [3.63, 3.8) is 0 Å². The van der Waals surface area contributed by atoms with Crippen molar-refractivity contribution in [1.82, 2.24) is 0 Å². The molecule has 2 atom stereocenters. The molecule has 0 aromatic heterocycles. The van der Waals surface area contributed by atoms with E-state index in [0.717, 1.165) is 11.3 Å². The minimum absolute atomic E-state index is 0.0593. The normalized spacial score (nSPS) is 24.5. The second kappa shape index (κ2) is 7.33. The molecule has 146 valence electrons. The molecule has 5 nitrogen and oxygen atoms in total. The van der Waals surface area contributed by atoms with E-state index in [2.05, 4.69) is 4.99 Å². The molecule has 4 rings (SSSR count). The highest BCUT2D eigenvalue weighted by molar-refractivity contribution is 8.16. The van der Waals surface area contributed by atoms with Gasteiger partial charge in [0.05, 0.1) is 24.0 Å². The maximum Gasteiger partial charge on any atom is 0.252 e. The van der Waals surface area contributed by atoms with Gasteiger partial charge in [0.1, 0.15) is 5.82 Å². The molecule has 2 aliphatic rings. The third kappa shape index (κ3) is 3.98. The van der Waals surface area contributed by atoms with Gasteiger partial charge in [0.2, 0.25) is 0 Å². The number of amides is 1. The number of sulfone groups is 1. The van der Waals surface area contributed by atoms with Gasteiger partial charge in [-0.25, -0.2) is 12.8 Å². The van der Waals surface area contributed by atoms with Crippen molar-refractivity contribution < 1.29 is 17.6 Å². The van der Waals surface area contributed by atoms with E-state index in [0.29, 0.717) is 10.7 Å². The van der Waals surface area contributed by atoms with E-state index in [1.165, 1.54) is 23.9 Å². The third-order valence-corrected chi connectivity index (χ3v) is 8.05. The summed E-state index contributed by atoms with van der Waals surface area (Å²) in [5.74, 6) is -0.539. The number of anilines is 1. The van der Waals surface area contributed by atoms with E-state index >= 15 is 0 Å². The van der Waals surface area contributed by atoms with Gasteiger partial charge in [-0.2, -0.15) is 4.99 Å². The van der Waals surface area contributed by atoms with Crippen molar-refractivity contribution in [3.05, 3.63) is 65.5 Å². The molecule has 8 heteroatoms. The summed E-state index contributed by atoms with van der Waals surface area (Å²) in [6, 6.07) is 13.3. The summed E-state index contributed by atoms with van der Waals surface area (Å²) in [4.78, 5) is 18.7. The maximum absolute atomic E-state index is 13.0. The molecule has 0 saturated carbocycles. The average Bonchev–Trinajstić information content (AvgIpc) is 3.07. The van der Waals surface area contributed by atoms with E-state index in [-0.39, 0.29) is 40.9 Å². The van der Waals surface area contributed by atoms with Crippen LogP contribution in [0.3, 0.4) is 0 Å². The number of rotatable bonds is 3. The van der Waals surface area contributed by atoms with Gasteiger partial charge in [-0.15, -0.1) is 0 Å². The number of carbonyl (C=O) groups is 1. The molecular formula is C20H19FN2O3S2. The quantitative estimate of drug-likeness (QED) is 0.767. The first kappa shape index (κ1) is 19.1. The standard InChI is InChI=1S/C20H19FN2O3S2/c1-13-3-2-4-16(9-13)23-17-11-28(25,26)12-18(17)27-20(23)22-19(24)10-14-5-7-15(21)8-6-14/h2-9,17-18H,10-12H2,1H3/t17-,18+/m1/s1. The lowest BCUT2D eigenvalue weighted by Gasteiger charge is -2.24. The summed E-state index contributed by atoms with van der Waals surface area (Å²) in [5, 5.41) is 0.394. The van der Waals surface area contributed by atoms with E-state index < -0.39 is 9.84 Å². The van der Waals surface area contributed by atoms with Crippen molar-refractivity contribution in [3.8, 4) is 0 Å². The molecule has 2 aromatic rings. The zero-order chi connectivity index (χ0) is 19.9. The van der Waals surface area contributed by atoms with E-state index in [9.17, 15) is 17.6 Å². The molecule has 2 fully saturated rings. The smallest absolute Gasteiger partial charge is 0.252 e. The number of aryl methyl sites for hydroxylation is 1. The first-order chi connectivity index (χ1) is 13.3. The average molecular weight is 419 g/mol. The highest BCUT2D eigenvalue weighted by Gasteiger charge is 2.49. The Kier molecular flexibility index (Phi) is 5.01. The number of benzene rings is 2. The number of amidine groups is 1. The number of hydrogen-bond acceptors (Lipinski definition) is 4. The summed E-state index contributed by atoms with van der Waals surface area (Å²) < 4.78 is 37.3. The Morgan fingerprint density at radius 1 is 1.21 bits per heavy atom. The van der Waals surface area contributed by atoms with Gasteiger partial charge in [-0.3, -0.25) is 4.79 Å². The van der Waals surface area contributed by atoms with Gasteiger partial charge in [-0.1, -0.05) is 36.0 Å². The van der Waals surface area contributed by atoms with E-state index in [1.54, 1.807) is 12.1 Å². The zero-order valence-corrected chi connectivity index (χ0v) is 16.8. The number of hydrogen-bond donors (Lipinski definition) is 0. The molecule has 28 heavy (non-hydrogen) atoms. The molecule has 0 spiro atoms. The van der Waals surface area contributed by atoms with Crippen LogP contribution in [0.1, 0.15) is 11.1 Å². The Balaban J connectivity index is 1.63. The molecule has 0 radical (unpaired) electrons. The Labute approximate surface area is 167 Å². The zero-order valence-electron chi connectivity index (χ0n) is 15.2. The van der Waals surface area contributed by atoms with Crippen LogP contribution in [0, 0.1) is 12.7 Å². The topological polar surface area (TPSA) is 66.8 Å². The Morgan fingerprint density at radius 3 is 2.68 bits per heavy atom. The van der Waals surface area contributed by atoms with Crippen molar-refractivity contribution in [2.45, 2.75) is 24.6 Å². The molecule has 2 saturated heterocycles. The molecule has 2 aliphatic heterocycles. The summed E-state index contributed by atoms with van der Waals surface area (Å²) >= 11 is 1.35. The maximum atomic E-state index is 13.0. The number of thioether (sulfide) groups is 1. The molecule has 2 aromatic carbocycles. The minimum atomic E-state index is -3.10. The molecule has 0 N–H and O–H groups in total. The molecule has 0 unspecified atom stereocenters. The molecule has 1 amide bonds. The number of aliphatic imine (C=N–C) groups is 1. The third-order valence-electron chi connectivity index (χ3n) is 4.84. The van der Waals surface area contributed by atoms with E-state index in [4.69, 9.17) is 0 Å². The molecule has 0 aliphatic carbocycles. The van der Waals surface area contributed by atoms with Gasteiger partial charge >= 0.3 is 0 Å². The second-order valence-electron chi connectivity index (χ2n) is 7.10. The van der Waals surface area contributed by atoms with Crippen LogP contribution in [0.5, 0.6) is 0 Å². The van der Waals surface area contributed by atoms with Crippen LogP contribution >= 0.6 is 11.8 Å². The second-order valence-corrected chi connectivity index (χ2v) is 10.5. The SMILES string of the molecule is Cc1cccc(N2C(=NC(=O)Cc3ccc(F)cc3)S[C@H]3CS(=O)(=O)C[C@H]32)c1. The molecule has 0 bridgehead atoms. The van der Waals surface area contributed by atoms with Gasteiger partial charge in [-0.05, 0) is 42.3 Å². The van der Waals surface area contributed by atoms with Crippen molar-refractivity contribution in [1.29, 1.82) is 0 Å². The number of halogens is 1. The predicted octanol–water partition coefficient (Wildman–Crippen LogP) is 2.98. The summed E-state index contributed by atoms with van der Waals surface area (Å²) in [6.07, 6.45) is 0.0691. The van der Waals surface area contributed by atoms with Gasteiger partial charge in [0.25, 0.3) is 5.91 Å². The number of fused-ring (bicyclic) bond motifs is 1. The van der Waals surface area contributed by atoms with Gasteiger partial charge < -0.3 is 4.90 Å². The Bertz CT molecular complexity index is 1050. The largest absolute Gasteiger partial charge is 0.316 e. The van der Waals surface area contributed by atoms with Crippen molar-refractivity contribution in [2.75, 3.05) is 16.4 Å². The minimum Gasteiger partial charge on any atom is -0.316 e. The van der Waals surface area contributed by atoms with Crippen molar-refractivity contribution >= 4 is 38.4 Å². The van der Waals surface area contributed by atoms with Gasteiger partial charge in [0.15, 0.2) is 15.0 Å². The molecular weight excluding hydrogens is 399 g/mol.